The molecule has 0 saturated carbocycles. The van der Waals surface area contributed by atoms with Gasteiger partial charge in [-0.2, -0.15) is 4.98 Å². The average Bonchev–Trinajstić information content (AvgIpc) is 3.30. The fraction of sp³-hybridized carbons (Fsp3) is 0.500. The maximum absolute atomic E-state index is 5.87. The number of thioether (sulfide) groups is 1. The van der Waals surface area contributed by atoms with Crippen LogP contribution in [0, 0.1) is 5.92 Å². The second-order valence-electron chi connectivity index (χ2n) is 6.98. The van der Waals surface area contributed by atoms with Gasteiger partial charge in [-0.3, -0.25) is 0 Å². The van der Waals surface area contributed by atoms with E-state index in [0.717, 1.165) is 42.5 Å². The molecule has 0 aliphatic rings. The lowest BCUT2D eigenvalue weighted by atomic mass is 10.1. The van der Waals surface area contributed by atoms with Crippen LogP contribution in [0.3, 0.4) is 0 Å². The van der Waals surface area contributed by atoms with Gasteiger partial charge < -0.3 is 13.8 Å². The molecular formula is C20H27N5O2S. The number of nitrogens with zero attached hydrogens (tertiary/aromatic N) is 5. The molecule has 0 radical (unpaired) electrons. The molecule has 28 heavy (non-hydrogen) atoms. The number of ether oxygens (including phenoxy) is 1. The molecule has 0 saturated heterocycles. The zero-order chi connectivity index (χ0) is 19.8. The number of hydrogen-bond donors (Lipinski definition) is 0. The van der Waals surface area contributed by atoms with E-state index in [2.05, 4.69) is 45.7 Å². The molecule has 150 valence electrons. The van der Waals surface area contributed by atoms with E-state index in [4.69, 9.17) is 9.26 Å². The third-order valence-electron chi connectivity index (χ3n) is 4.14. The summed E-state index contributed by atoms with van der Waals surface area (Å²) in [6, 6.07) is 9.76. The van der Waals surface area contributed by atoms with Crippen molar-refractivity contribution in [3.8, 4) is 5.75 Å². The Kier molecular flexibility index (Phi) is 7.47. The number of rotatable bonds is 11. The van der Waals surface area contributed by atoms with Gasteiger partial charge in [0, 0.05) is 13.0 Å². The molecule has 3 rings (SSSR count). The SMILES string of the molecule is CCCc1nc(CSc2nnc(COc3ccccc3)n2CCC(C)C)no1. The quantitative estimate of drug-likeness (QED) is 0.437. The molecule has 2 aromatic heterocycles. The lowest BCUT2D eigenvalue weighted by Crippen LogP contribution is -2.10. The van der Waals surface area contributed by atoms with Gasteiger partial charge in [0.15, 0.2) is 16.8 Å². The maximum Gasteiger partial charge on any atom is 0.226 e. The maximum atomic E-state index is 5.87. The smallest absolute Gasteiger partial charge is 0.226 e. The van der Waals surface area contributed by atoms with E-state index in [1.165, 1.54) is 0 Å². The van der Waals surface area contributed by atoms with E-state index >= 15 is 0 Å². The molecule has 0 amide bonds. The van der Waals surface area contributed by atoms with Crippen LogP contribution in [0.15, 0.2) is 40.0 Å². The van der Waals surface area contributed by atoms with Crippen molar-refractivity contribution < 1.29 is 9.26 Å². The third kappa shape index (κ3) is 5.82. The first kappa shape index (κ1) is 20.4. The van der Waals surface area contributed by atoms with Gasteiger partial charge in [-0.25, -0.2) is 0 Å². The molecule has 3 aromatic rings. The van der Waals surface area contributed by atoms with Gasteiger partial charge in [0.05, 0.1) is 5.75 Å². The van der Waals surface area contributed by atoms with E-state index in [1.807, 2.05) is 30.3 Å². The second kappa shape index (κ2) is 10.3. The Bertz CT molecular complexity index is 847. The van der Waals surface area contributed by atoms with Crippen molar-refractivity contribution in [2.75, 3.05) is 0 Å². The highest BCUT2D eigenvalue weighted by Crippen LogP contribution is 2.23. The van der Waals surface area contributed by atoms with Gasteiger partial charge >= 0.3 is 0 Å². The van der Waals surface area contributed by atoms with Crippen LogP contribution in [0.25, 0.3) is 0 Å². The van der Waals surface area contributed by atoms with Crippen molar-refractivity contribution in [3.63, 3.8) is 0 Å². The number of para-hydroxylation sites is 1. The zero-order valence-corrected chi connectivity index (χ0v) is 17.5. The summed E-state index contributed by atoms with van der Waals surface area (Å²) in [6.07, 6.45) is 2.85. The Hall–Kier alpha value is -2.35. The van der Waals surface area contributed by atoms with Crippen LogP contribution in [-0.4, -0.2) is 24.9 Å². The second-order valence-corrected chi connectivity index (χ2v) is 7.92. The highest BCUT2D eigenvalue weighted by atomic mass is 32.2. The van der Waals surface area contributed by atoms with Crippen molar-refractivity contribution in [1.29, 1.82) is 0 Å². The summed E-state index contributed by atoms with van der Waals surface area (Å²) in [4.78, 5) is 4.42. The number of aryl methyl sites for hydroxylation is 1. The Morgan fingerprint density at radius 1 is 1.18 bits per heavy atom. The molecule has 0 N–H and O–H groups in total. The van der Waals surface area contributed by atoms with Crippen LogP contribution < -0.4 is 4.74 Å². The summed E-state index contributed by atoms with van der Waals surface area (Å²) in [5, 5.41) is 13.6. The highest BCUT2D eigenvalue weighted by molar-refractivity contribution is 7.98. The van der Waals surface area contributed by atoms with E-state index in [-0.39, 0.29) is 0 Å². The fourth-order valence-corrected chi connectivity index (χ4v) is 3.43. The number of aromatic nitrogens is 5. The molecular weight excluding hydrogens is 374 g/mol. The van der Waals surface area contributed by atoms with E-state index in [9.17, 15) is 0 Å². The third-order valence-corrected chi connectivity index (χ3v) is 5.10. The molecule has 1 aromatic carbocycles. The molecule has 0 aliphatic heterocycles. The Morgan fingerprint density at radius 3 is 2.75 bits per heavy atom. The molecule has 2 heterocycles. The van der Waals surface area contributed by atoms with Crippen LogP contribution in [0.5, 0.6) is 5.75 Å². The summed E-state index contributed by atoms with van der Waals surface area (Å²) in [6.45, 7) is 7.76. The van der Waals surface area contributed by atoms with Crippen LogP contribution in [-0.2, 0) is 25.3 Å². The first-order valence-corrected chi connectivity index (χ1v) is 10.7. The summed E-state index contributed by atoms with van der Waals surface area (Å²) >= 11 is 1.57. The standard InChI is InChI=1S/C20H27N5O2S/c1-4-8-19-21-17(24-27-19)14-28-20-23-22-18(25(20)12-11-15(2)3)13-26-16-9-6-5-7-10-16/h5-7,9-10,15H,4,8,11-14H2,1-3H3. The van der Waals surface area contributed by atoms with Gasteiger partial charge in [-0.15, -0.1) is 10.2 Å². The molecule has 0 unspecified atom stereocenters. The fourth-order valence-electron chi connectivity index (χ4n) is 2.60. The lowest BCUT2D eigenvalue weighted by molar-refractivity contribution is 0.285. The molecule has 8 heteroatoms. The Labute approximate surface area is 169 Å². The lowest BCUT2D eigenvalue weighted by Gasteiger charge is -2.12. The van der Waals surface area contributed by atoms with Gasteiger partial charge in [0.2, 0.25) is 5.89 Å². The average molecular weight is 402 g/mol. The van der Waals surface area contributed by atoms with Crippen LogP contribution in [0.4, 0.5) is 0 Å². The number of benzene rings is 1. The summed E-state index contributed by atoms with van der Waals surface area (Å²) < 4.78 is 13.3. The molecule has 0 atom stereocenters. The highest BCUT2D eigenvalue weighted by Gasteiger charge is 2.15. The summed E-state index contributed by atoms with van der Waals surface area (Å²) in [7, 11) is 0. The molecule has 0 aliphatic carbocycles. The first-order valence-electron chi connectivity index (χ1n) is 9.70. The monoisotopic (exact) mass is 401 g/mol. The normalized spacial score (nSPS) is 11.3. The van der Waals surface area contributed by atoms with Crippen molar-refractivity contribution in [3.05, 3.63) is 47.9 Å². The zero-order valence-electron chi connectivity index (χ0n) is 16.7. The Balaban J connectivity index is 1.67. The minimum atomic E-state index is 0.387. The van der Waals surface area contributed by atoms with Crippen LogP contribution in [0.1, 0.15) is 51.2 Å². The van der Waals surface area contributed by atoms with Crippen LogP contribution in [0.2, 0.25) is 0 Å². The minimum Gasteiger partial charge on any atom is -0.486 e. The molecule has 0 bridgehead atoms. The van der Waals surface area contributed by atoms with Gasteiger partial charge in [-0.1, -0.05) is 55.9 Å². The first-order chi connectivity index (χ1) is 13.7. The van der Waals surface area contributed by atoms with Crippen molar-refractivity contribution in [2.45, 2.75) is 64.1 Å². The van der Waals surface area contributed by atoms with E-state index < -0.39 is 0 Å². The largest absolute Gasteiger partial charge is 0.486 e. The summed E-state index contributed by atoms with van der Waals surface area (Å²) in [5.41, 5.74) is 0. The van der Waals surface area contributed by atoms with Gasteiger partial charge in [0.25, 0.3) is 0 Å². The Morgan fingerprint density at radius 2 is 2.00 bits per heavy atom. The molecule has 0 fully saturated rings. The predicted molar refractivity (Wildman–Crippen MR) is 108 cm³/mol. The predicted octanol–water partition coefficient (Wildman–Crippen LogP) is 4.53. The number of hydrogen-bond acceptors (Lipinski definition) is 7. The van der Waals surface area contributed by atoms with E-state index in [1.54, 1.807) is 11.8 Å². The summed E-state index contributed by atoms with van der Waals surface area (Å²) in [5.74, 6) is 4.23. The van der Waals surface area contributed by atoms with Gasteiger partial charge in [-0.05, 0) is 30.9 Å². The topological polar surface area (TPSA) is 78.9 Å². The molecule has 0 spiro atoms. The van der Waals surface area contributed by atoms with E-state index in [0.29, 0.717) is 30.0 Å². The van der Waals surface area contributed by atoms with Crippen molar-refractivity contribution in [1.82, 2.24) is 24.9 Å². The van der Waals surface area contributed by atoms with Gasteiger partial charge in [0.1, 0.15) is 12.4 Å². The minimum absolute atomic E-state index is 0.387. The van der Waals surface area contributed by atoms with Crippen molar-refractivity contribution in [2.24, 2.45) is 5.92 Å². The molecule has 7 nitrogen and oxygen atoms in total. The van der Waals surface area contributed by atoms with Crippen molar-refractivity contribution >= 4 is 11.8 Å². The van der Waals surface area contributed by atoms with Crippen LogP contribution >= 0.6 is 11.8 Å².